The minimum absolute atomic E-state index is 0.314. The summed E-state index contributed by atoms with van der Waals surface area (Å²) in [4.78, 5) is 24.8. The van der Waals surface area contributed by atoms with Gasteiger partial charge in [0.1, 0.15) is 6.61 Å². The topological polar surface area (TPSA) is 83.1 Å². The lowest BCUT2D eigenvalue weighted by molar-refractivity contribution is 0.0600. The summed E-state index contributed by atoms with van der Waals surface area (Å²) in [6.07, 6.45) is 0. The molecule has 0 saturated carbocycles. The number of rotatable bonds is 8. The molecule has 0 unspecified atom stereocenters. The molecule has 0 bridgehead atoms. The molecule has 0 radical (unpaired) electrons. The first kappa shape index (κ1) is 22.7. The van der Waals surface area contributed by atoms with Crippen molar-refractivity contribution in [1.29, 1.82) is 0 Å². The van der Waals surface area contributed by atoms with Crippen LogP contribution >= 0.6 is 0 Å². The quantitative estimate of drug-likeness (QED) is 0.520. The zero-order chi connectivity index (χ0) is 23.1. The average Bonchev–Trinajstić information content (AvgIpc) is 2.83. The highest BCUT2D eigenvalue weighted by Gasteiger charge is 2.19. The van der Waals surface area contributed by atoms with E-state index >= 15 is 0 Å². The molecule has 7 nitrogen and oxygen atoms in total. The third-order valence-electron chi connectivity index (χ3n) is 4.86. The number of methoxy groups -OCH3 is 3. The normalized spacial score (nSPS) is 10.2. The first-order valence-corrected chi connectivity index (χ1v) is 9.90. The van der Waals surface area contributed by atoms with Gasteiger partial charge < -0.3 is 24.3 Å². The number of hydrogen-bond donors (Lipinski definition) is 1. The Labute approximate surface area is 186 Å². The predicted molar refractivity (Wildman–Crippen MR) is 121 cm³/mol. The summed E-state index contributed by atoms with van der Waals surface area (Å²) in [5.41, 5.74) is 2.94. The summed E-state index contributed by atoms with van der Waals surface area (Å²) in [5, 5.41) is 2.83. The lowest BCUT2D eigenvalue weighted by Gasteiger charge is -2.16. The number of anilines is 1. The van der Waals surface area contributed by atoms with E-state index in [-0.39, 0.29) is 5.91 Å². The molecule has 0 heterocycles. The van der Waals surface area contributed by atoms with Gasteiger partial charge in [-0.25, -0.2) is 4.79 Å². The maximum atomic E-state index is 13.0. The van der Waals surface area contributed by atoms with E-state index in [2.05, 4.69) is 5.32 Å². The molecule has 0 atom stereocenters. The van der Waals surface area contributed by atoms with Gasteiger partial charge >= 0.3 is 5.97 Å². The van der Waals surface area contributed by atoms with Crippen molar-refractivity contribution in [2.75, 3.05) is 26.6 Å². The molecule has 0 spiro atoms. The summed E-state index contributed by atoms with van der Waals surface area (Å²) in [7, 11) is 4.30. The van der Waals surface area contributed by atoms with Gasteiger partial charge in [0.15, 0.2) is 11.5 Å². The monoisotopic (exact) mass is 435 g/mol. The summed E-state index contributed by atoms with van der Waals surface area (Å²) in [6, 6.07) is 17.8. The van der Waals surface area contributed by atoms with Crippen molar-refractivity contribution in [3.63, 3.8) is 0 Å². The van der Waals surface area contributed by atoms with Crippen molar-refractivity contribution < 1.29 is 28.5 Å². The molecule has 1 N–H and O–H groups in total. The van der Waals surface area contributed by atoms with Gasteiger partial charge in [-0.1, -0.05) is 36.4 Å². The Morgan fingerprint density at radius 1 is 0.844 bits per heavy atom. The highest BCUT2D eigenvalue weighted by molar-refractivity contribution is 6.06. The molecule has 3 rings (SSSR count). The SMILES string of the molecule is COC(=O)c1ccc(C)c(NC(=O)c2cc(OC)c(OCc3ccccc3)c(OC)c2)c1. The molecule has 0 aliphatic rings. The predicted octanol–water partition coefficient (Wildman–Crippen LogP) is 4.63. The summed E-state index contributed by atoms with van der Waals surface area (Å²) < 4.78 is 21.6. The van der Waals surface area contributed by atoms with Crippen molar-refractivity contribution >= 4 is 17.6 Å². The second-order valence-corrected chi connectivity index (χ2v) is 6.96. The van der Waals surface area contributed by atoms with Crippen LogP contribution in [0.2, 0.25) is 0 Å². The molecule has 3 aromatic carbocycles. The Morgan fingerprint density at radius 3 is 2.09 bits per heavy atom. The standard InChI is InChI=1S/C25H25NO6/c1-16-10-11-18(25(28)31-4)12-20(16)26-24(27)19-13-21(29-2)23(22(14-19)30-3)32-15-17-8-6-5-7-9-17/h5-14H,15H2,1-4H3,(H,26,27). The van der Waals surface area contributed by atoms with Gasteiger partial charge in [-0.2, -0.15) is 0 Å². The smallest absolute Gasteiger partial charge is 0.337 e. The van der Waals surface area contributed by atoms with Crippen LogP contribution in [0.4, 0.5) is 5.69 Å². The third-order valence-corrected chi connectivity index (χ3v) is 4.86. The first-order valence-electron chi connectivity index (χ1n) is 9.90. The molecule has 0 aliphatic carbocycles. The lowest BCUT2D eigenvalue weighted by atomic mass is 10.1. The van der Waals surface area contributed by atoms with Crippen molar-refractivity contribution in [2.24, 2.45) is 0 Å². The number of ether oxygens (including phenoxy) is 4. The van der Waals surface area contributed by atoms with Crippen molar-refractivity contribution in [3.05, 3.63) is 82.9 Å². The Balaban J connectivity index is 1.86. The number of amides is 1. The number of carbonyl (C=O) groups excluding carboxylic acids is 2. The second kappa shape index (κ2) is 10.3. The largest absolute Gasteiger partial charge is 0.493 e. The zero-order valence-corrected chi connectivity index (χ0v) is 18.4. The number of hydrogen-bond acceptors (Lipinski definition) is 6. The van der Waals surface area contributed by atoms with Crippen molar-refractivity contribution in [2.45, 2.75) is 13.5 Å². The summed E-state index contributed by atoms with van der Waals surface area (Å²) >= 11 is 0. The molecular formula is C25H25NO6. The molecule has 0 saturated heterocycles. The number of nitrogens with one attached hydrogen (secondary N) is 1. The number of aryl methyl sites for hydroxylation is 1. The van der Waals surface area contributed by atoms with Crippen LogP contribution in [0.25, 0.3) is 0 Å². The third kappa shape index (κ3) is 5.18. The molecule has 0 fully saturated rings. The molecule has 0 aromatic heterocycles. The minimum Gasteiger partial charge on any atom is -0.493 e. The van der Waals surface area contributed by atoms with E-state index in [4.69, 9.17) is 18.9 Å². The zero-order valence-electron chi connectivity index (χ0n) is 18.4. The van der Waals surface area contributed by atoms with Crippen LogP contribution < -0.4 is 19.5 Å². The highest BCUT2D eigenvalue weighted by atomic mass is 16.5. The van der Waals surface area contributed by atoms with Gasteiger partial charge in [-0.05, 0) is 42.3 Å². The lowest BCUT2D eigenvalue weighted by Crippen LogP contribution is -2.14. The van der Waals surface area contributed by atoms with Gasteiger partial charge in [0.25, 0.3) is 5.91 Å². The van der Waals surface area contributed by atoms with Crippen LogP contribution in [0, 0.1) is 6.92 Å². The maximum absolute atomic E-state index is 13.0. The van der Waals surface area contributed by atoms with Gasteiger partial charge in [0.05, 0.1) is 26.9 Å². The molecule has 32 heavy (non-hydrogen) atoms. The van der Waals surface area contributed by atoms with Crippen LogP contribution in [-0.2, 0) is 11.3 Å². The van der Waals surface area contributed by atoms with Crippen LogP contribution in [0.3, 0.4) is 0 Å². The first-order chi connectivity index (χ1) is 15.5. The molecular weight excluding hydrogens is 410 g/mol. The molecule has 1 amide bonds. The Hall–Kier alpha value is -4.00. The van der Waals surface area contributed by atoms with E-state index in [1.54, 1.807) is 30.3 Å². The van der Waals surface area contributed by atoms with E-state index in [0.29, 0.717) is 40.7 Å². The van der Waals surface area contributed by atoms with E-state index in [9.17, 15) is 9.59 Å². The van der Waals surface area contributed by atoms with Crippen LogP contribution in [0.5, 0.6) is 17.2 Å². The van der Waals surface area contributed by atoms with Crippen molar-refractivity contribution in [3.8, 4) is 17.2 Å². The van der Waals surface area contributed by atoms with Gasteiger partial charge in [-0.15, -0.1) is 0 Å². The van der Waals surface area contributed by atoms with Gasteiger partial charge in [-0.3, -0.25) is 4.79 Å². The van der Waals surface area contributed by atoms with Crippen LogP contribution in [0.1, 0.15) is 31.8 Å². The van der Waals surface area contributed by atoms with Crippen molar-refractivity contribution in [1.82, 2.24) is 0 Å². The van der Waals surface area contributed by atoms with E-state index in [0.717, 1.165) is 11.1 Å². The highest BCUT2D eigenvalue weighted by Crippen LogP contribution is 2.39. The number of esters is 1. The molecule has 166 valence electrons. The van der Waals surface area contributed by atoms with Gasteiger partial charge in [0.2, 0.25) is 5.75 Å². The fraction of sp³-hybridized carbons (Fsp3) is 0.200. The fourth-order valence-electron chi connectivity index (χ4n) is 3.08. The van der Waals surface area contributed by atoms with E-state index in [1.807, 2.05) is 37.3 Å². The summed E-state index contributed by atoms with van der Waals surface area (Å²) in [5.74, 6) is 0.264. The van der Waals surface area contributed by atoms with Crippen LogP contribution in [-0.4, -0.2) is 33.2 Å². The summed E-state index contributed by atoms with van der Waals surface area (Å²) in [6.45, 7) is 2.15. The van der Waals surface area contributed by atoms with E-state index in [1.165, 1.54) is 21.3 Å². The molecule has 0 aliphatic heterocycles. The Morgan fingerprint density at radius 2 is 1.50 bits per heavy atom. The van der Waals surface area contributed by atoms with Crippen LogP contribution in [0.15, 0.2) is 60.7 Å². The molecule has 7 heteroatoms. The Bertz CT molecular complexity index is 1090. The Kier molecular flexibility index (Phi) is 7.33. The molecule has 3 aromatic rings. The maximum Gasteiger partial charge on any atom is 0.337 e. The minimum atomic E-state index is -0.483. The number of benzene rings is 3. The second-order valence-electron chi connectivity index (χ2n) is 6.96. The number of carbonyl (C=O) groups is 2. The van der Waals surface area contributed by atoms with Gasteiger partial charge in [0, 0.05) is 11.3 Å². The fourth-order valence-corrected chi connectivity index (χ4v) is 3.08. The average molecular weight is 435 g/mol. The van der Waals surface area contributed by atoms with E-state index < -0.39 is 5.97 Å².